The van der Waals surface area contributed by atoms with E-state index in [1.54, 1.807) is 18.2 Å². The number of hydrogen-bond donors (Lipinski definition) is 0. The number of hydrogen-bond acceptors (Lipinski definition) is 2. The van der Waals surface area contributed by atoms with Crippen molar-refractivity contribution in [2.45, 2.75) is 25.9 Å². The maximum Gasteiger partial charge on any atom is 0.389 e. The van der Waals surface area contributed by atoms with Gasteiger partial charge < -0.3 is 4.74 Å². The van der Waals surface area contributed by atoms with E-state index in [-0.39, 0.29) is 6.42 Å². The predicted octanol–water partition coefficient (Wildman–Crippen LogP) is 4.13. The molecule has 0 aliphatic heterocycles. The average molecular weight is 269 g/mol. The quantitative estimate of drug-likeness (QED) is 0.832. The Labute approximate surface area is 109 Å². The van der Waals surface area contributed by atoms with Crippen molar-refractivity contribution >= 4 is 10.9 Å². The monoisotopic (exact) mass is 269 g/mol. The van der Waals surface area contributed by atoms with Crippen LogP contribution in [0.1, 0.15) is 19.0 Å². The molecule has 0 bridgehead atoms. The Morgan fingerprint density at radius 1 is 1.21 bits per heavy atom. The first-order valence-electron chi connectivity index (χ1n) is 6.08. The lowest BCUT2D eigenvalue weighted by molar-refractivity contribution is -0.134. The number of aromatic nitrogens is 1. The van der Waals surface area contributed by atoms with Crippen LogP contribution < -0.4 is 4.74 Å². The first-order chi connectivity index (χ1) is 8.99. The Morgan fingerprint density at radius 2 is 1.95 bits per heavy atom. The smallest absolute Gasteiger partial charge is 0.389 e. The molecule has 0 radical (unpaired) electrons. The number of halogens is 3. The van der Waals surface area contributed by atoms with Gasteiger partial charge in [-0.15, -0.1) is 0 Å². The van der Waals surface area contributed by atoms with Crippen LogP contribution in [0.3, 0.4) is 0 Å². The number of benzene rings is 1. The molecule has 0 aliphatic rings. The molecule has 1 aromatic heterocycles. The van der Waals surface area contributed by atoms with Crippen molar-refractivity contribution in [2.75, 3.05) is 6.61 Å². The van der Waals surface area contributed by atoms with Crippen LogP contribution in [-0.2, 0) is 6.42 Å². The highest BCUT2D eigenvalue weighted by Gasteiger charge is 2.27. The summed E-state index contributed by atoms with van der Waals surface area (Å²) in [6.45, 7) is 2.30. The fourth-order valence-corrected chi connectivity index (χ4v) is 1.87. The number of aryl methyl sites for hydroxylation is 1. The SMILES string of the molecule is CCOc1cc(CCC(F)(F)F)nc2ccccc12. The summed E-state index contributed by atoms with van der Waals surface area (Å²) in [5.41, 5.74) is 1.06. The highest BCUT2D eigenvalue weighted by atomic mass is 19.4. The summed E-state index contributed by atoms with van der Waals surface area (Å²) in [5.74, 6) is 0.588. The molecule has 0 amide bonds. The van der Waals surface area contributed by atoms with Crippen LogP contribution in [-0.4, -0.2) is 17.8 Å². The summed E-state index contributed by atoms with van der Waals surface area (Å²) in [5, 5.41) is 0.820. The molecule has 5 heteroatoms. The first-order valence-corrected chi connectivity index (χ1v) is 6.08. The molecule has 2 aromatic rings. The molecular formula is C14H14F3NO. The van der Waals surface area contributed by atoms with Crippen molar-refractivity contribution in [3.8, 4) is 5.75 Å². The molecule has 0 fully saturated rings. The molecule has 0 aliphatic carbocycles. The molecule has 1 aromatic carbocycles. The second kappa shape index (κ2) is 5.47. The average Bonchev–Trinajstić information content (AvgIpc) is 2.36. The topological polar surface area (TPSA) is 22.1 Å². The van der Waals surface area contributed by atoms with E-state index >= 15 is 0 Å². The Morgan fingerprint density at radius 3 is 2.63 bits per heavy atom. The lowest BCUT2D eigenvalue weighted by Crippen LogP contribution is -2.09. The maximum atomic E-state index is 12.2. The fourth-order valence-electron chi connectivity index (χ4n) is 1.87. The van der Waals surface area contributed by atoms with Crippen molar-refractivity contribution in [2.24, 2.45) is 0 Å². The van der Waals surface area contributed by atoms with Gasteiger partial charge in [-0.3, -0.25) is 4.98 Å². The summed E-state index contributed by atoms with van der Waals surface area (Å²) in [4.78, 5) is 4.24. The molecule has 0 saturated heterocycles. The zero-order valence-electron chi connectivity index (χ0n) is 10.5. The highest BCUT2D eigenvalue weighted by Crippen LogP contribution is 2.28. The molecule has 0 unspecified atom stereocenters. The molecule has 19 heavy (non-hydrogen) atoms. The molecule has 0 spiro atoms. The molecule has 102 valence electrons. The van der Waals surface area contributed by atoms with Crippen LogP contribution in [0.2, 0.25) is 0 Å². The molecule has 1 heterocycles. The van der Waals surface area contributed by atoms with Crippen LogP contribution >= 0.6 is 0 Å². The van der Waals surface area contributed by atoms with Gasteiger partial charge in [0.2, 0.25) is 0 Å². The predicted molar refractivity (Wildman–Crippen MR) is 67.3 cm³/mol. The number of ether oxygens (including phenoxy) is 1. The minimum absolute atomic E-state index is 0.131. The Kier molecular flexibility index (Phi) is 3.93. The largest absolute Gasteiger partial charge is 0.493 e. The van der Waals surface area contributed by atoms with Crippen LogP contribution in [0.5, 0.6) is 5.75 Å². The van der Waals surface area contributed by atoms with Crippen molar-refractivity contribution in [3.63, 3.8) is 0 Å². The first kappa shape index (κ1) is 13.6. The summed E-state index contributed by atoms with van der Waals surface area (Å²) in [7, 11) is 0. The van der Waals surface area contributed by atoms with E-state index in [4.69, 9.17) is 4.74 Å². The minimum Gasteiger partial charge on any atom is -0.493 e. The lowest BCUT2D eigenvalue weighted by Gasteiger charge is -2.11. The van der Waals surface area contributed by atoms with Crippen LogP contribution in [0.15, 0.2) is 30.3 Å². The summed E-state index contributed by atoms with van der Waals surface area (Å²) in [6.07, 6.45) is -5.17. The Hall–Kier alpha value is -1.78. The van der Waals surface area contributed by atoms with Crippen molar-refractivity contribution < 1.29 is 17.9 Å². The highest BCUT2D eigenvalue weighted by molar-refractivity contribution is 5.85. The number of pyridine rings is 1. The van der Waals surface area contributed by atoms with E-state index in [1.807, 2.05) is 19.1 Å². The second-order valence-corrected chi connectivity index (χ2v) is 4.18. The zero-order chi connectivity index (χ0) is 13.9. The van der Waals surface area contributed by atoms with Gasteiger partial charge in [0.25, 0.3) is 0 Å². The standard InChI is InChI=1S/C14H14F3NO/c1-2-19-13-9-10(7-8-14(15,16)17)18-12-6-4-3-5-11(12)13/h3-6,9H,2,7-8H2,1H3. The third-order valence-electron chi connectivity index (χ3n) is 2.70. The molecular weight excluding hydrogens is 255 g/mol. The van der Waals surface area contributed by atoms with Gasteiger partial charge in [-0.25, -0.2) is 0 Å². The van der Waals surface area contributed by atoms with E-state index in [2.05, 4.69) is 4.98 Å². The third kappa shape index (κ3) is 3.59. The molecule has 0 atom stereocenters. The third-order valence-corrected chi connectivity index (χ3v) is 2.70. The van der Waals surface area contributed by atoms with E-state index < -0.39 is 12.6 Å². The number of alkyl halides is 3. The summed E-state index contributed by atoms with van der Waals surface area (Å²) in [6, 6.07) is 8.87. The number of para-hydroxylation sites is 1. The van der Waals surface area contributed by atoms with Crippen molar-refractivity contribution in [3.05, 3.63) is 36.0 Å². The van der Waals surface area contributed by atoms with Crippen LogP contribution in [0.4, 0.5) is 13.2 Å². The lowest BCUT2D eigenvalue weighted by atomic mass is 10.1. The molecule has 2 rings (SSSR count). The van der Waals surface area contributed by atoms with E-state index in [9.17, 15) is 13.2 Å². The molecule has 0 N–H and O–H groups in total. The fraction of sp³-hybridized carbons (Fsp3) is 0.357. The van der Waals surface area contributed by atoms with Gasteiger partial charge in [-0.2, -0.15) is 13.2 Å². The second-order valence-electron chi connectivity index (χ2n) is 4.18. The van der Waals surface area contributed by atoms with E-state index in [0.29, 0.717) is 23.6 Å². The zero-order valence-corrected chi connectivity index (χ0v) is 10.5. The number of nitrogens with zero attached hydrogens (tertiary/aromatic N) is 1. The summed E-state index contributed by atoms with van der Waals surface area (Å²) < 4.78 is 42.2. The van der Waals surface area contributed by atoms with Gasteiger partial charge in [0, 0.05) is 23.6 Å². The number of rotatable bonds is 4. The minimum atomic E-state index is -4.17. The van der Waals surface area contributed by atoms with Gasteiger partial charge >= 0.3 is 6.18 Å². The molecule has 2 nitrogen and oxygen atoms in total. The van der Waals surface area contributed by atoms with Crippen LogP contribution in [0, 0.1) is 0 Å². The van der Waals surface area contributed by atoms with Crippen molar-refractivity contribution in [1.29, 1.82) is 0 Å². The van der Waals surface area contributed by atoms with E-state index in [0.717, 1.165) is 5.39 Å². The Balaban J connectivity index is 2.35. The van der Waals surface area contributed by atoms with Crippen LogP contribution in [0.25, 0.3) is 10.9 Å². The van der Waals surface area contributed by atoms with Gasteiger partial charge in [-0.1, -0.05) is 12.1 Å². The Bertz CT molecular complexity index is 566. The maximum absolute atomic E-state index is 12.2. The van der Waals surface area contributed by atoms with E-state index in [1.165, 1.54) is 0 Å². The summed E-state index contributed by atoms with van der Waals surface area (Å²) >= 11 is 0. The normalized spacial score (nSPS) is 11.8. The molecule has 0 saturated carbocycles. The van der Waals surface area contributed by atoms with Gasteiger partial charge in [0.05, 0.1) is 12.1 Å². The number of fused-ring (bicyclic) bond motifs is 1. The van der Waals surface area contributed by atoms with Gasteiger partial charge in [-0.05, 0) is 25.5 Å². The van der Waals surface area contributed by atoms with Gasteiger partial charge in [0.1, 0.15) is 5.75 Å². The van der Waals surface area contributed by atoms with Gasteiger partial charge in [0.15, 0.2) is 0 Å². The van der Waals surface area contributed by atoms with Crippen molar-refractivity contribution in [1.82, 2.24) is 4.98 Å².